The van der Waals surface area contributed by atoms with Crippen molar-refractivity contribution < 1.29 is 13.5 Å². The third-order valence-corrected chi connectivity index (χ3v) is 3.30. The number of hydrogen-bond acceptors (Lipinski definition) is 3. The van der Waals surface area contributed by atoms with Gasteiger partial charge in [-0.1, -0.05) is 6.08 Å². The topological polar surface area (TPSA) is 66.4 Å². The van der Waals surface area contributed by atoms with E-state index in [9.17, 15) is 13.5 Å². The van der Waals surface area contributed by atoms with Crippen LogP contribution in [-0.4, -0.2) is 31.9 Å². The molecule has 1 aliphatic rings. The Bertz CT molecular complexity index is 269. The molecule has 0 saturated heterocycles. The minimum Gasteiger partial charge on any atom is -0.391 e. The van der Waals surface area contributed by atoms with Gasteiger partial charge in [0.25, 0.3) is 0 Å². The van der Waals surface area contributed by atoms with Gasteiger partial charge in [-0.05, 0) is 18.8 Å². The smallest absolute Gasteiger partial charge is 0.215 e. The molecule has 0 amide bonds. The molecule has 0 aromatic heterocycles. The number of rotatable bonds is 6. The molecule has 0 aromatic carbocycles. The Hall–Kier alpha value is -0.390. The molecule has 1 unspecified atom stereocenters. The molecule has 2 N–H and O–H groups in total. The Labute approximate surface area is 78.7 Å². The second-order valence-corrected chi connectivity index (χ2v) is 5.17. The average Bonchev–Trinajstić information content (AvgIpc) is 2.82. The summed E-state index contributed by atoms with van der Waals surface area (Å²) >= 11 is 0. The van der Waals surface area contributed by atoms with E-state index < -0.39 is 16.1 Å². The summed E-state index contributed by atoms with van der Waals surface area (Å²) in [5, 5.41) is 9.37. The predicted molar refractivity (Wildman–Crippen MR) is 50.7 cm³/mol. The second-order valence-electron chi connectivity index (χ2n) is 3.32. The molecule has 5 heteroatoms. The zero-order valence-electron chi connectivity index (χ0n) is 7.44. The van der Waals surface area contributed by atoms with Gasteiger partial charge in [-0.3, -0.25) is 0 Å². The van der Waals surface area contributed by atoms with Crippen LogP contribution in [0.25, 0.3) is 0 Å². The highest BCUT2D eigenvalue weighted by molar-refractivity contribution is 7.89. The fourth-order valence-electron chi connectivity index (χ4n) is 1.07. The molecular formula is C8H15NO3S. The first-order chi connectivity index (χ1) is 6.05. The van der Waals surface area contributed by atoms with Gasteiger partial charge in [0.1, 0.15) is 0 Å². The lowest BCUT2D eigenvalue weighted by Crippen LogP contribution is -2.34. The maximum atomic E-state index is 11.1. The molecule has 0 aromatic rings. The first-order valence-electron chi connectivity index (χ1n) is 4.31. The van der Waals surface area contributed by atoms with Crippen LogP contribution in [0.15, 0.2) is 12.7 Å². The summed E-state index contributed by atoms with van der Waals surface area (Å²) in [4.78, 5) is 0. The molecule has 76 valence electrons. The Kier molecular flexibility index (Phi) is 3.47. The van der Waals surface area contributed by atoms with Crippen LogP contribution in [-0.2, 0) is 10.0 Å². The Morgan fingerprint density at radius 2 is 2.23 bits per heavy atom. The zero-order valence-corrected chi connectivity index (χ0v) is 8.26. The Morgan fingerprint density at radius 1 is 1.62 bits per heavy atom. The van der Waals surface area contributed by atoms with E-state index in [4.69, 9.17) is 0 Å². The van der Waals surface area contributed by atoms with Crippen molar-refractivity contribution in [3.8, 4) is 0 Å². The van der Waals surface area contributed by atoms with E-state index in [1.54, 1.807) is 0 Å². The van der Waals surface area contributed by atoms with Crippen LogP contribution in [0, 0.1) is 5.92 Å². The predicted octanol–water partition coefficient (Wildman–Crippen LogP) is -0.137. The highest BCUT2D eigenvalue weighted by Gasteiger charge is 2.30. The summed E-state index contributed by atoms with van der Waals surface area (Å²) < 4.78 is 24.5. The lowest BCUT2D eigenvalue weighted by Gasteiger charge is -2.09. The normalized spacial score (nSPS) is 19.8. The number of sulfonamides is 1. The molecular weight excluding hydrogens is 190 g/mol. The quantitative estimate of drug-likeness (QED) is 0.593. The van der Waals surface area contributed by atoms with Crippen LogP contribution in [0.4, 0.5) is 0 Å². The van der Waals surface area contributed by atoms with Crippen molar-refractivity contribution in [2.75, 3.05) is 12.3 Å². The number of nitrogens with one attached hydrogen (secondary N) is 1. The summed E-state index contributed by atoms with van der Waals surface area (Å²) in [6, 6.07) is 0. The SMILES string of the molecule is C=CCS(=O)(=O)NCC(O)C1CC1. The van der Waals surface area contributed by atoms with Gasteiger partial charge < -0.3 is 5.11 Å². The van der Waals surface area contributed by atoms with E-state index in [2.05, 4.69) is 11.3 Å². The standard InChI is InChI=1S/C8H15NO3S/c1-2-5-13(11,12)9-6-8(10)7-3-4-7/h2,7-10H,1,3-6H2. The van der Waals surface area contributed by atoms with E-state index in [0.717, 1.165) is 12.8 Å². The fourth-order valence-corrected chi connectivity index (χ4v) is 1.93. The minimum atomic E-state index is -3.26. The lowest BCUT2D eigenvalue weighted by atomic mass is 10.2. The third-order valence-electron chi connectivity index (χ3n) is 2.02. The first-order valence-corrected chi connectivity index (χ1v) is 5.96. The van der Waals surface area contributed by atoms with Gasteiger partial charge in [-0.2, -0.15) is 0 Å². The van der Waals surface area contributed by atoms with Crippen molar-refractivity contribution in [1.82, 2.24) is 4.72 Å². The molecule has 0 radical (unpaired) electrons. The monoisotopic (exact) mass is 205 g/mol. The lowest BCUT2D eigenvalue weighted by molar-refractivity contribution is 0.155. The minimum absolute atomic E-state index is 0.0929. The summed E-state index contributed by atoms with van der Waals surface area (Å²) in [5.74, 6) is 0.205. The van der Waals surface area contributed by atoms with Crippen molar-refractivity contribution >= 4 is 10.0 Å². The molecule has 1 rings (SSSR count). The van der Waals surface area contributed by atoms with Crippen LogP contribution >= 0.6 is 0 Å². The van der Waals surface area contributed by atoms with Crippen molar-refractivity contribution in [1.29, 1.82) is 0 Å². The maximum absolute atomic E-state index is 11.1. The van der Waals surface area contributed by atoms with Crippen LogP contribution in [0.3, 0.4) is 0 Å². The molecule has 1 fully saturated rings. The molecule has 4 nitrogen and oxygen atoms in total. The van der Waals surface area contributed by atoms with Crippen LogP contribution in [0.5, 0.6) is 0 Å². The fraction of sp³-hybridized carbons (Fsp3) is 0.750. The van der Waals surface area contributed by atoms with Gasteiger partial charge in [0.2, 0.25) is 10.0 Å². The third kappa shape index (κ3) is 3.89. The molecule has 0 heterocycles. The van der Waals surface area contributed by atoms with Gasteiger partial charge in [0.15, 0.2) is 0 Å². The summed E-state index contributed by atoms with van der Waals surface area (Å²) in [6.07, 6.45) is 2.81. The van der Waals surface area contributed by atoms with Gasteiger partial charge in [0.05, 0.1) is 11.9 Å². The molecule has 1 atom stereocenters. The van der Waals surface area contributed by atoms with Crippen LogP contribution in [0.1, 0.15) is 12.8 Å². The van der Waals surface area contributed by atoms with Crippen molar-refractivity contribution in [3.63, 3.8) is 0 Å². The van der Waals surface area contributed by atoms with Crippen molar-refractivity contribution in [3.05, 3.63) is 12.7 Å². The van der Waals surface area contributed by atoms with Gasteiger partial charge in [-0.25, -0.2) is 13.1 Å². The molecule has 0 aliphatic heterocycles. The van der Waals surface area contributed by atoms with Crippen LogP contribution in [0.2, 0.25) is 0 Å². The molecule has 0 spiro atoms. The molecule has 0 bridgehead atoms. The van der Waals surface area contributed by atoms with E-state index in [-0.39, 0.29) is 12.3 Å². The van der Waals surface area contributed by atoms with Crippen LogP contribution < -0.4 is 4.72 Å². The van der Waals surface area contributed by atoms with E-state index in [1.807, 2.05) is 0 Å². The zero-order chi connectivity index (χ0) is 9.90. The molecule has 13 heavy (non-hydrogen) atoms. The highest BCUT2D eigenvalue weighted by Crippen LogP contribution is 2.32. The second kappa shape index (κ2) is 4.21. The molecule has 1 saturated carbocycles. The van der Waals surface area contributed by atoms with E-state index >= 15 is 0 Å². The number of aliphatic hydroxyl groups excluding tert-OH is 1. The maximum Gasteiger partial charge on any atom is 0.215 e. The van der Waals surface area contributed by atoms with Gasteiger partial charge in [-0.15, -0.1) is 6.58 Å². The Morgan fingerprint density at radius 3 is 2.69 bits per heavy atom. The average molecular weight is 205 g/mol. The number of hydrogen-bond donors (Lipinski definition) is 2. The first kappa shape index (κ1) is 10.7. The van der Waals surface area contributed by atoms with Crippen molar-refractivity contribution in [2.24, 2.45) is 5.92 Å². The largest absolute Gasteiger partial charge is 0.391 e. The van der Waals surface area contributed by atoms with Crippen molar-refractivity contribution in [2.45, 2.75) is 18.9 Å². The Balaban J connectivity index is 2.27. The van der Waals surface area contributed by atoms with Gasteiger partial charge >= 0.3 is 0 Å². The summed E-state index contributed by atoms with van der Waals surface area (Å²) in [6.45, 7) is 3.46. The van der Waals surface area contributed by atoms with Gasteiger partial charge in [0, 0.05) is 6.54 Å². The number of aliphatic hydroxyl groups is 1. The van der Waals surface area contributed by atoms with E-state index in [0.29, 0.717) is 5.92 Å². The molecule has 1 aliphatic carbocycles. The highest BCUT2D eigenvalue weighted by atomic mass is 32.2. The van der Waals surface area contributed by atoms with E-state index in [1.165, 1.54) is 6.08 Å². The summed E-state index contributed by atoms with van der Waals surface area (Å²) in [7, 11) is -3.26. The summed E-state index contributed by atoms with van der Waals surface area (Å²) in [5.41, 5.74) is 0.